The van der Waals surface area contributed by atoms with E-state index in [1.54, 1.807) is 6.07 Å². The van der Waals surface area contributed by atoms with Gasteiger partial charge in [0, 0.05) is 19.3 Å². The smallest absolute Gasteiger partial charge is 0.123 e. The number of benzene rings is 1. The van der Waals surface area contributed by atoms with E-state index in [2.05, 4.69) is 6.92 Å². The van der Waals surface area contributed by atoms with Crippen molar-refractivity contribution >= 4 is 0 Å². The van der Waals surface area contributed by atoms with E-state index in [0.29, 0.717) is 6.61 Å². The second-order valence-electron chi connectivity index (χ2n) is 4.44. The van der Waals surface area contributed by atoms with E-state index in [1.165, 1.54) is 6.07 Å². The summed E-state index contributed by atoms with van der Waals surface area (Å²) in [7, 11) is 0. The summed E-state index contributed by atoms with van der Waals surface area (Å²) in [5, 5.41) is 0. The lowest BCUT2D eigenvalue weighted by Crippen LogP contribution is -2.25. The topological polar surface area (TPSA) is 35.2 Å². The molecule has 0 saturated heterocycles. The minimum absolute atomic E-state index is 0.0796. The van der Waals surface area contributed by atoms with Gasteiger partial charge in [0.2, 0.25) is 0 Å². The van der Waals surface area contributed by atoms with Gasteiger partial charge in [-0.05, 0) is 49.4 Å². The molecule has 0 amide bonds. The molecule has 0 saturated carbocycles. The van der Waals surface area contributed by atoms with E-state index in [4.69, 9.17) is 10.5 Å². The third kappa shape index (κ3) is 5.29. The fourth-order valence-corrected chi connectivity index (χ4v) is 1.75. The molecule has 0 radical (unpaired) electrons. The minimum Gasteiger partial charge on any atom is -0.381 e. The molecule has 0 aromatic heterocycles. The molecule has 0 spiro atoms. The van der Waals surface area contributed by atoms with Crippen LogP contribution in [0.2, 0.25) is 0 Å². The van der Waals surface area contributed by atoms with Crippen LogP contribution in [0.5, 0.6) is 0 Å². The summed E-state index contributed by atoms with van der Waals surface area (Å²) < 4.78 is 18.3. The van der Waals surface area contributed by atoms with Gasteiger partial charge in [0.25, 0.3) is 0 Å². The highest BCUT2D eigenvalue weighted by Crippen LogP contribution is 2.12. The molecule has 1 unspecified atom stereocenters. The van der Waals surface area contributed by atoms with E-state index in [9.17, 15) is 4.39 Å². The molecule has 0 aliphatic rings. The van der Waals surface area contributed by atoms with Gasteiger partial charge in [-0.15, -0.1) is 0 Å². The van der Waals surface area contributed by atoms with E-state index in [-0.39, 0.29) is 11.9 Å². The zero-order valence-electron chi connectivity index (χ0n) is 10.7. The predicted octanol–water partition coefficient (Wildman–Crippen LogP) is 2.82. The number of hydrogen-bond donors (Lipinski definition) is 1. The Morgan fingerprint density at radius 1 is 1.35 bits per heavy atom. The second-order valence-corrected chi connectivity index (χ2v) is 4.44. The maximum absolute atomic E-state index is 12.9. The Bertz CT molecular complexity index is 341. The molecule has 0 aliphatic heterocycles. The molecular formula is C14H22FNO. The fourth-order valence-electron chi connectivity index (χ4n) is 1.75. The Balaban J connectivity index is 2.37. The highest BCUT2D eigenvalue weighted by molar-refractivity contribution is 5.27. The van der Waals surface area contributed by atoms with E-state index >= 15 is 0 Å². The van der Waals surface area contributed by atoms with Crippen molar-refractivity contribution in [3.05, 3.63) is 35.1 Å². The van der Waals surface area contributed by atoms with E-state index in [1.807, 2.05) is 13.0 Å². The van der Waals surface area contributed by atoms with Crippen LogP contribution in [0.3, 0.4) is 0 Å². The largest absolute Gasteiger partial charge is 0.381 e. The van der Waals surface area contributed by atoms with Gasteiger partial charge in [-0.3, -0.25) is 0 Å². The van der Waals surface area contributed by atoms with Crippen molar-refractivity contribution in [3.8, 4) is 0 Å². The number of aryl methyl sites for hydroxylation is 1. The molecule has 0 aliphatic carbocycles. The van der Waals surface area contributed by atoms with Gasteiger partial charge >= 0.3 is 0 Å². The number of halogens is 1. The molecule has 2 nitrogen and oxygen atoms in total. The highest BCUT2D eigenvalue weighted by atomic mass is 19.1. The lowest BCUT2D eigenvalue weighted by molar-refractivity contribution is 0.127. The molecule has 1 atom stereocenters. The fraction of sp³-hybridized carbons (Fsp3) is 0.571. The van der Waals surface area contributed by atoms with Crippen molar-refractivity contribution in [1.29, 1.82) is 0 Å². The van der Waals surface area contributed by atoms with Crippen molar-refractivity contribution in [2.45, 2.75) is 39.2 Å². The van der Waals surface area contributed by atoms with Crippen LogP contribution < -0.4 is 5.73 Å². The van der Waals surface area contributed by atoms with Crippen molar-refractivity contribution in [2.75, 3.05) is 13.2 Å². The van der Waals surface area contributed by atoms with Gasteiger partial charge in [0.15, 0.2) is 0 Å². The third-order valence-corrected chi connectivity index (χ3v) is 2.77. The Kier molecular flexibility index (Phi) is 6.16. The Morgan fingerprint density at radius 2 is 2.12 bits per heavy atom. The Labute approximate surface area is 103 Å². The molecule has 96 valence electrons. The summed E-state index contributed by atoms with van der Waals surface area (Å²) in [6, 6.07) is 4.94. The molecule has 1 rings (SSSR count). The van der Waals surface area contributed by atoms with Crippen LogP contribution in [0.4, 0.5) is 4.39 Å². The van der Waals surface area contributed by atoms with Crippen molar-refractivity contribution in [2.24, 2.45) is 5.73 Å². The van der Waals surface area contributed by atoms with E-state index < -0.39 is 0 Å². The molecule has 1 aromatic rings. The summed E-state index contributed by atoms with van der Waals surface area (Å²) in [5.41, 5.74) is 8.11. The van der Waals surface area contributed by atoms with Gasteiger partial charge in [0.05, 0.1) is 0 Å². The molecule has 0 fully saturated rings. The van der Waals surface area contributed by atoms with Crippen LogP contribution in [-0.2, 0) is 11.2 Å². The normalized spacial score (nSPS) is 12.7. The quantitative estimate of drug-likeness (QED) is 0.743. The monoisotopic (exact) mass is 239 g/mol. The van der Waals surface area contributed by atoms with Gasteiger partial charge in [-0.2, -0.15) is 0 Å². The van der Waals surface area contributed by atoms with Crippen LogP contribution in [0.15, 0.2) is 18.2 Å². The van der Waals surface area contributed by atoms with Crippen molar-refractivity contribution < 1.29 is 9.13 Å². The van der Waals surface area contributed by atoms with Crippen LogP contribution in [0.1, 0.15) is 30.9 Å². The first-order chi connectivity index (χ1) is 8.13. The lowest BCUT2D eigenvalue weighted by atomic mass is 10.00. The summed E-state index contributed by atoms with van der Waals surface area (Å²) in [4.78, 5) is 0. The van der Waals surface area contributed by atoms with Gasteiger partial charge in [-0.25, -0.2) is 4.39 Å². The molecule has 2 N–H and O–H groups in total. The molecule has 1 aromatic carbocycles. The van der Waals surface area contributed by atoms with Gasteiger partial charge < -0.3 is 10.5 Å². The van der Waals surface area contributed by atoms with Crippen LogP contribution >= 0.6 is 0 Å². The summed E-state index contributed by atoms with van der Waals surface area (Å²) in [6.45, 7) is 5.50. The zero-order valence-corrected chi connectivity index (χ0v) is 10.7. The summed E-state index contributed by atoms with van der Waals surface area (Å²) in [6.07, 6.45) is 2.66. The molecular weight excluding hydrogens is 217 g/mol. The summed E-state index contributed by atoms with van der Waals surface area (Å²) >= 11 is 0. The second kappa shape index (κ2) is 7.41. The SMILES string of the molecule is CCCOCCC(N)Cc1ccc(F)cc1C. The maximum atomic E-state index is 12.9. The first-order valence-corrected chi connectivity index (χ1v) is 6.21. The van der Waals surface area contributed by atoms with E-state index in [0.717, 1.165) is 37.0 Å². The Hall–Kier alpha value is -0.930. The average molecular weight is 239 g/mol. The molecule has 3 heteroatoms. The first kappa shape index (κ1) is 14.1. The van der Waals surface area contributed by atoms with Gasteiger partial charge in [-0.1, -0.05) is 13.0 Å². The van der Waals surface area contributed by atoms with Crippen molar-refractivity contribution in [3.63, 3.8) is 0 Å². The zero-order chi connectivity index (χ0) is 12.7. The number of nitrogens with two attached hydrogens (primary N) is 1. The van der Waals surface area contributed by atoms with Crippen molar-refractivity contribution in [1.82, 2.24) is 0 Å². The minimum atomic E-state index is -0.189. The molecule has 0 bridgehead atoms. The van der Waals surface area contributed by atoms with Gasteiger partial charge in [0.1, 0.15) is 5.82 Å². The first-order valence-electron chi connectivity index (χ1n) is 6.21. The van der Waals surface area contributed by atoms with Crippen LogP contribution in [0.25, 0.3) is 0 Å². The highest BCUT2D eigenvalue weighted by Gasteiger charge is 2.07. The van der Waals surface area contributed by atoms with Crippen LogP contribution in [-0.4, -0.2) is 19.3 Å². The summed E-state index contributed by atoms with van der Waals surface area (Å²) in [5.74, 6) is -0.189. The number of hydrogen-bond acceptors (Lipinski definition) is 2. The lowest BCUT2D eigenvalue weighted by Gasteiger charge is -2.13. The number of rotatable bonds is 7. The average Bonchev–Trinajstić information content (AvgIpc) is 2.28. The molecule has 17 heavy (non-hydrogen) atoms. The Morgan fingerprint density at radius 3 is 2.76 bits per heavy atom. The van der Waals surface area contributed by atoms with Crippen LogP contribution in [0, 0.1) is 12.7 Å². The maximum Gasteiger partial charge on any atom is 0.123 e. The number of ether oxygens (including phenoxy) is 1. The third-order valence-electron chi connectivity index (χ3n) is 2.77. The predicted molar refractivity (Wildman–Crippen MR) is 68.5 cm³/mol. The standard InChI is InChI=1S/C14H22FNO/c1-3-7-17-8-6-14(16)10-12-4-5-13(15)9-11(12)2/h4-5,9,14H,3,6-8,10,16H2,1-2H3. The molecule has 0 heterocycles.